The van der Waals surface area contributed by atoms with E-state index >= 15 is 0 Å². The molecule has 0 fully saturated rings. The molecule has 2 heterocycles. The highest BCUT2D eigenvalue weighted by Crippen LogP contribution is 2.29. The van der Waals surface area contributed by atoms with Gasteiger partial charge in [0.15, 0.2) is 0 Å². The summed E-state index contributed by atoms with van der Waals surface area (Å²) in [6.45, 7) is 6.30. The van der Waals surface area contributed by atoms with E-state index in [9.17, 15) is 4.79 Å². The lowest BCUT2D eigenvalue weighted by molar-refractivity contribution is 0.0697. The Hall–Kier alpha value is -2.73. The van der Waals surface area contributed by atoms with Crippen LogP contribution in [0.5, 0.6) is 0 Å². The fraction of sp³-hybridized carbons (Fsp3) is 0.118. The Morgan fingerprint density at radius 1 is 1.48 bits per heavy atom. The van der Waals surface area contributed by atoms with Crippen LogP contribution >= 0.6 is 11.3 Å². The van der Waals surface area contributed by atoms with Crippen molar-refractivity contribution in [2.24, 2.45) is 0 Å². The Morgan fingerprint density at radius 3 is 2.96 bits per heavy atom. The summed E-state index contributed by atoms with van der Waals surface area (Å²) in [5, 5.41) is 14.0. The fourth-order valence-electron chi connectivity index (χ4n) is 2.25. The zero-order valence-corrected chi connectivity index (χ0v) is 13.4. The number of thiazole rings is 1. The van der Waals surface area contributed by atoms with Crippen LogP contribution in [0.4, 0.5) is 0 Å². The average Bonchev–Trinajstić information content (AvgIpc) is 3.14. The van der Waals surface area contributed by atoms with Crippen molar-refractivity contribution in [3.05, 3.63) is 64.9 Å². The Labute approximate surface area is 137 Å². The van der Waals surface area contributed by atoms with E-state index < -0.39 is 5.97 Å². The van der Waals surface area contributed by atoms with Gasteiger partial charge in [-0.3, -0.25) is 4.68 Å². The van der Waals surface area contributed by atoms with E-state index in [0.29, 0.717) is 6.54 Å². The van der Waals surface area contributed by atoms with Crippen LogP contribution in [0.15, 0.2) is 43.2 Å². The van der Waals surface area contributed by atoms with Crippen LogP contribution in [-0.4, -0.2) is 25.8 Å². The summed E-state index contributed by atoms with van der Waals surface area (Å²) in [5.41, 5.74) is 3.24. The van der Waals surface area contributed by atoms with E-state index in [-0.39, 0.29) is 5.56 Å². The molecule has 0 aliphatic rings. The van der Waals surface area contributed by atoms with Crippen molar-refractivity contribution in [2.45, 2.75) is 13.5 Å². The Kier molecular flexibility index (Phi) is 4.08. The summed E-state index contributed by atoms with van der Waals surface area (Å²) in [7, 11) is 0. The number of carboxylic acid groups (broad SMARTS) is 1. The molecule has 0 amide bonds. The van der Waals surface area contributed by atoms with Gasteiger partial charge < -0.3 is 5.11 Å². The molecule has 1 aromatic carbocycles. The molecule has 0 saturated heterocycles. The molecule has 0 saturated carbocycles. The third-order valence-electron chi connectivity index (χ3n) is 3.37. The van der Waals surface area contributed by atoms with Gasteiger partial charge in [-0.2, -0.15) is 5.10 Å². The standard InChI is InChI=1S/C17H15N3O2S/c1-3-15-14(10-20-9-13(8-18-20)17(21)22)19-16(23-15)12-6-4-5-11(2)7-12/h3-9H,1,10H2,2H3,(H,21,22). The largest absolute Gasteiger partial charge is 0.478 e. The molecule has 0 atom stereocenters. The maximum Gasteiger partial charge on any atom is 0.338 e. The van der Waals surface area contributed by atoms with Gasteiger partial charge in [0, 0.05) is 11.8 Å². The van der Waals surface area contributed by atoms with Gasteiger partial charge in [-0.25, -0.2) is 9.78 Å². The van der Waals surface area contributed by atoms with Gasteiger partial charge in [0.05, 0.1) is 28.9 Å². The maximum absolute atomic E-state index is 10.9. The molecule has 3 rings (SSSR count). The SMILES string of the molecule is C=Cc1sc(-c2cccc(C)c2)nc1Cn1cc(C(=O)O)cn1. The van der Waals surface area contributed by atoms with Crippen LogP contribution in [0.25, 0.3) is 16.6 Å². The van der Waals surface area contributed by atoms with E-state index in [2.05, 4.69) is 22.7 Å². The van der Waals surface area contributed by atoms with Crippen LogP contribution in [0.2, 0.25) is 0 Å². The van der Waals surface area contributed by atoms with Gasteiger partial charge in [0.2, 0.25) is 0 Å². The van der Waals surface area contributed by atoms with Crippen LogP contribution < -0.4 is 0 Å². The van der Waals surface area contributed by atoms with Crippen molar-refractivity contribution in [3.8, 4) is 10.6 Å². The third-order valence-corrected chi connectivity index (χ3v) is 4.51. The maximum atomic E-state index is 10.9. The number of carboxylic acids is 1. The van der Waals surface area contributed by atoms with Gasteiger partial charge in [-0.05, 0) is 13.0 Å². The first-order valence-electron chi connectivity index (χ1n) is 7.02. The number of carbonyl (C=O) groups is 1. The lowest BCUT2D eigenvalue weighted by Gasteiger charge is -1.99. The first kappa shape index (κ1) is 15.2. The van der Waals surface area contributed by atoms with E-state index in [1.165, 1.54) is 18.0 Å². The van der Waals surface area contributed by atoms with Crippen molar-refractivity contribution < 1.29 is 9.90 Å². The molecule has 0 radical (unpaired) electrons. The number of nitrogens with zero attached hydrogens (tertiary/aromatic N) is 3. The molecule has 0 aliphatic carbocycles. The van der Waals surface area contributed by atoms with Crippen LogP contribution in [0, 0.1) is 6.92 Å². The van der Waals surface area contributed by atoms with E-state index in [1.54, 1.807) is 22.1 Å². The molecular formula is C17H15N3O2S. The molecule has 0 spiro atoms. The highest BCUT2D eigenvalue weighted by atomic mass is 32.1. The number of hydrogen-bond donors (Lipinski definition) is 1. The van der Waals surface area contributed by atoms with E-state index in [1.807, 2.05) is 25.1 Å². The Morgan fingerprint density at radius 2 is 2.30 bits per heavy atom. The van der Waals surface area contributed by atoms with Crippen LogP contribution in [0.1, 0.15) is 26.5 Å². The Balaban J connectivity index is 1.92. The molecule has 0 bridgehead atoms. The van der Waals surface area contributed by atoms with Crippen molar-refractivity contribution >= 4 is 23.4 Å². The predicted molar refractivity (Wildman–Crippen MR) is 90.7 cm³/mol. The number of aryl methyl sites for hydroxylation is 1. The van der Waals surface area contributed by atoms with Gasteiger partial charge in [0.1, 0.15) is 5.01 Å². The normalized spacial score (nSPS) is 10.7. The van der Waals surface area contributed by atoms with Crippen LogP contribution in [-0.2, 0) is 6.54 Å². The molecule has 0 aliphatic heterocycles. The molecule has 6 heteroatoms. The van der Waals surface area contributed by atoms with E-state index in [4.69, 9.17) is 5.11 Å². The number of hydrogen-bond acceptors (Lipinski definition) is 4. The number of aromatic nitrogens is 3. The van der Waals surface area contributed by atoms with Gasteiger partial charge in [0.25, 0.3) is 0 Å². The molecule has 0 unspecified atom stereocenters. The first-order valence-corrected chi connectivity index (χ1v) is 7.83. The number of benzene rings is 1. The zero-order chi connectivity index (χ0) is 16.4. The average molecular weight is 325 g/mol. The second kappa shape index (κ2) is 6.18. The minimum absolute atomic E-state index is 0.166. The highest BCUT2D eigenvalue weighted by molar-refractivity contribution is 7.16. The summed E-state index contributed by atoms with van der Waals surface area (Å²) in [6, 6.07) is 8.17. The molecule has 23 heavy (non-hydrogen) atoms. The van der Waals surface area contributed by atoms with E-state index in [0.717, 1.165) is 21.1 Å². The zero-order valence-electron chi connectivity index (χ0n) is 12.6. The topological polar surface area (TPSA) is 68.0 Å². The number of rotatable bonds is 5. The van der Waals surface area contributed by atoms with Crippen LogP contribution in [0.3, 0.4) is 0 Å². The summed E-state index contributed by atoms with van der Waals surface area (Å²) >= 11 is 1.57. The molecule has 1 N–H and O–H groups in total. The summed E-state index contributed by atoms with van der Waals surface area (Å²) < 4.78 is 1.57. The minimum atomic E-state index is -0.987. The molecular weight excluding hydrogens is 310 g/mol. The predicted octanol–water partition coefficient (Wildman–Crippen LogP) is 3.70. The summed E-state index contributed by atoms with van der Waals surface area (Å²) in [5.74, 6) is -0.987. The summed E-state index contributed by atoms with van der Waals surface area (Å²) in [6.07, 6.45) is 4.61. The quantitative estimate of drug-likeness (QED) is 0.776. The lowest BCUT2D eigenvalue weighted by Crippen LogP contribution is -2.02. The second-order valence-electron chi connectivity index (χ2n) is 5.14. The number of aromatic carboxylic acids is 1. The fourth-order valence-corrected chi connectivity index (χ4v) is 3.17. The highest BCUT2D eigenvalue weighted by Gasteiger charge is 2.13. The minimum Gasteiger partial charge on any atom is -0.478 e. The smallest absolute Gasteiger partial charge is 0.338 e. The van der Waals surface area contributed by atoms with Crippen molar-refractivity contribution in [3.63, 3.8) is 0 Å². The monoisotopic (exact) mass is 325 g/mol. The first-order chi connectivity index (χ1) is 11.1. The molecule has 5 nitrogen and oxygen atoms in total. The lowest BCUT2D eigenvalue weighted by atomic mass is 10.1. The summed E-state index contributed by atoms with van der Waals surface area (Å²) in [4.78, 5) is 16.6. The van der Waals surface area contributed by atoms with Crippen molar-refractivity contribution in [2.75, 3.05) is 0 Å². The third kappa shape index (κ3) is 3.22. The Bertz CT molecular complexity index is 880. The van der Waals surface area contributed by atoms with Gasteiger partial charge >= 0.3 is 5.97 Å². The second-order valence-corrected chi connectivity index (χ2v) is 6.17. The molecule has 2 aromatic heterocycles. The van der Waals surface area contributed by atoms with Crippen molar-refractivity contribution in [1.82, 2.24) is 14.8 Å². The molecule has 116 valence electrons. The molecule has 3 aromatic rings. The van der Waals surface area contributed by atoms with Gasteiger partial charge in [-0.15, -0.1) is 11.3 Å². The van der Waals surface area contributed by atoms with Gasteiger partial charge in [-0.1, -0.05) is 36.4 Å². The van der Waals surface area contributed by atoms with Crippen molar-refractivity contribution in [1.29, 1.82) is 0 Å².